The maximum Gasteiger partial charge on any atom is 0.253 e. The van der Waals surface area contributed by atoms with Gasteiger partial charge in [-0.1, -0.05) is 46.4 Å². The largest absolute Gasteiger partial charge is 1.00 e. The van der Waals surface area contributed by atoms with Gasteiger partial charge in [-0.25, -0.2) is 0 Å². The molecule has 11 heavy (non-hydrogen) atoms. The molecule has 0 aliphatic carbocycles. The molecule has 0 heterocycles. The van der Waals surface area contributed by atoms with Crippen molar-refractivity contribution in [3.63, 3.8) is 0 Å². The summed E-state index contributed by atoms with van der Waals surface area (Å²) in [5.41, 5.74) is 0. The minimum atomic E-state index is -1.41. The van der Waals surface area contributed by atoms with E-state index in [1.165, 1.54) is 0 Å². The first-order valence-corrected chi connectivity index (χ1v) is 7.43. The van der Waals surface area contributed by atoms with Crippen molar-refractivity contribution in [3.8, 4) is 0 Å². The van der Waals surface area contributed by atoms with Crippen LogP contribution in [0.5, 0.6) is 0 Å². The van der Waals surface area contributed by atoms with E-state index in [9.17, 15) is 0 Å². The predicted octanol–water partition coefficient (Wildman–Crippen LogP) is 0.832. The molecule has 0 saturated heterocycles. The zero-order valence-corrected chi connectivity index (χ0v) is 10.3. The van der Waals surface area contributed by atoms with Crippen LogP contribution in [0.25, 0.3) is 0 Å². The van der Waals surface area contributed by atoms with Gasteiger partial charge in [0.25, 0.3) is 4.07 Å². The molecule has 0 aliphatic heterocycles. The van der Waals surface area contributed by atoms with Crippen molar-refractivity contribution in [2.24, 2.45) is 0 Å². The van der Waals surface area contributed by atoms with Crippen molar-refractivity contribution >= 4 is 53.7 Å². The van der Waals surface area contributed by atoms with Crippen LogP contribution < -0.4 is 4.70 Å². The van der Waals surface area contributed by atoms with Gasteiger partial charge in [-0.2, -0.15) is 0 Å². The fourth-order valence-corrected chi connectivity index (χ4v) is 2.63. The van der Waals surface area contributed by atoms with Crippen LogP contribution in [-0.2, 0) is 0 Å². The highest BCUT2D eigenvalue weighted by atomic mass is 35.5. The van der Waals surface area contributed by atoms with Crippen LogP contribution in [-0.4, -0.2) is 28.9 Å². The van der Waals surface area contributed by atoms with E-state index >= 15 is 0 Å². The van der Waals surface area contributed by atoms with Gasteiger partial charge in [-0.3, -0.25) is 0 Å². The molecule has 0 spiro atoms. The average molecular weight is 262 g/mol. The maximum atomic E-state index is 5.90. The summed E-state index contributed by atoms with van der Waals surface area (Å²) in [6, 6.07) is 0. The lowest BCUT2D eigenvalue weighted by atomic mass is 10.9. The van der Waals surface area contributed by atoms with Crippen LogP contribution in [0, 0.1) is 0 Å². The van der Waals surface area contributed by atoms with Gasteiger partial charge >= 0.3 is 0 Å². The van der Waals surface area contributed by atoms with Gasteiger partial charge in [0.05, 0.1) is 20.0 Å². The first kappa shape index (κ1) is 15.0. The van der Waals surface area contributed by atoms with E-state index in [0.29, 0.717) is 0 Å². The van der Waals surface area contributed by atoms with Gasteiger partial charge in [0.2, 0.25) is 0 Å². The molecule has 0 aliphatic rings. The Hall–Kier alpha value is 1.52. The summed E-state index contributed by atoms with van der Waals surface area (Å²) in [6.45, 7) is 5.97. The molecule has 6 heteroatoms. The van der Waals surface area contributed by atoms with Gasteiger partial charge in [0, 0.05) is 7.26 Å². The van der Waals surface area contributed by atoms with Gasteiger partial charge < -0.3 is 4.70 Å². The van der Waals surface area contributed by atoms with E-state index in [1.54, 1.807) is 0 Å². The van der Waals surface area contributed by atoms with Gasteiger partial charge in [0.15, 0.2) is 4.84 Å². The quantitative estimate of drug-likeness (QED) is 0.511. The van der Waals surface area contributed by atoms with Crippen molar-refractivity contribution in [3.05, 3.63) is 0 Å². The van der Waals surface area contributed by atoms with Crippen LogP contribution >= 0.6 is 53.7 Å². The van der Waals surface area contributed by atoms with Crippen LogP contribution in [0.1, 0.15) is 0 Å². The summed E-state index contributed by atoms with van der Waals surface area (Å²) in [7, 11) is -1.41. The predicted molar refractivity (Wildman–Crippen MR) is 54.6 cm³/mol. The zero-order chi connectivity index (χ0) is 8.58. The SMILES string of the molecule is C[P+](C)(C)C(Cl)(Cl)C(Cl)Cl.[F-]. The van der Waals surface area contributed by atoms with Crippen LogP contribution in [0.3, 0.4) is 0 Å². The van der Waals surface area contributed by atoms with Crippen molar-refractivity contribution in [2.45, 2.75) is 8.91 Å². The van der Waals surface area contributed by atoms with Crippen molar-refractivity contribution in [2.75, 3.05) is 20.0 Å². The summed E-state index contributed by atoms with van der Waals surface area (Å²) >= 11 is 23.0. The van der Waals surface area contributed by atoms with Crippen molar-refractivity contribution in [1.29, 1.82) is 0 Å². The Morgan fingerprint density at radius 2 is 1.36 bits per heavy atom. The number of halogens is 5. The Balaban J connectivity index is 0. The molecule has 70 valence electrons. The number of alkyl halides is 4. The van der Waals surface area contributed by atoms with Crippen LogP contribution in [0.15, 0.2) is 0 Å². The molecule has 0 aromatic heterocycles. The topological polar surface area (TPSA) is 0 Å². The molecular weight excluding hydrogens is 252 g/mol. The monoisotopic (exact) mass is 260 g/mol. The summed E-state index contributed by atoms with van der Waals surface area (Å²) < 4.78 is -0.976. The molecule has 0 amide bonds. The third-order valence-corrected chi connectivity index (χ3v) is 8.09. The van der Waals surface area contributed by atoms with Crippen LogP contribution in [0.4, 0.5) is 0 Å². The second-order valence-electron chi connectivity index (χ2n) is 2.90. The third-order valence-electron chi connectivity index (χ3n) is 1.16. The lowest BCUT2D eigenvalue weighted by Crippen LogP contribution is -3.00. The Kier molecular flexibility index (Phi) is 6.38. The van der Waals surface area contributed by atoms with Gasteiger partial charge in [-0.05, 0) is 0 Å². The summed E-state index contributed by atoms with van der Waals surface area (Å²) in [5.74, 6) is 0. The minimum absolute atomic E-state index is 0. The molecule has 0 saturated carbocycles. The second-order valence-corrected chi connectivity index (χ2v) is 10.6. The molecule has 0 unspecified atom stereocenters. The smallest absolute Gasteiger partial charge is 0.253 e. The van der Waals surface area contributed by atoms with Crippen LogP contribution in [0.2, 0.25) is 0 Å². The van der Waals surface area contributed by atoms with Crippen molar-refractivity contribution in [1.82, 2.24) is 0 Å². The molecule has 0 aromatic rings. The maximum absolute atomic E-state index is 5.90. The van der Waals surface area contributed by atoms with E-state index in [0.717, 1.165) is 0 Å². The Labute approximate surface area is 87.2 Å². The zero-order valence-electron chi connectivity index (χ0n) is 6.41. The fourth-order valence-electron chi connectivity index (χ4n) is 0.293. The molecule has 0 rings (SSSR count). The van der Waals surface area contributed by atoms with Gasteiger partial charge in [-0.15, -0.1) is 0 Å². The molecule has 0 nitrogen and oxygen atoms in total. The first-order valence-electron chi connectivity index (χ1n) is 2.67. The highest BCUT2D eigenvalue weighted by Crippen LogP contribution is 2.67. The van der Waals surface area contributed by atoms with E-state index in [1.807, 2.05) is 20.0 Å². The molecule has 0 aromatic carbocycles. The van der Waals surface area contributed by atoms with Gasteiger partial charge in [0.1, 0.15) is 0 Å². The summed E-state index contributed by atoms with van der Waals surface area (Å²) in [4.78, 5) is -0.718. The Morgan fingerprint density at radius 1 is 1.09 bits per heavy atom. The molecule has 0 N–H and O–H groups in total. The molecule has 0 radical (unpaired) electrons. The number of hydrogen-bond donors (Lipinski definition) is 0. The van der Waals surface area contributed by atoms with Crippen molar-refractivity contribution < 1.29 is 4.70 Å². The molecule has 0 bridgehead atoms. The van der Waals surface area contributed by atoms with E-state index in [-0.39, 0.29) is 4.70 Å². The highest BCUT2D eigenvalue weighted by molar-refractivity contribution is 7.78. The molecule has 0 atom stereocenters. The van der Waals surface area contributed by atoms with E-state index in [2.05, 4.69) is 0 Å². The lowest BCUT2D eigenvalue weighted by Gasteiger charge is -2.27. The fraction of sp³-hybridized carbons (Fsp3) is 1.00. The standard InChI is InChI=1S/C5H10Cl4P.FH/c1-10(2,3)5(8,9)4(6)7;/h4H,1-3H3;1H/q+1;/p-1. The minimum Gasteiger partial charge on any atom is -1.00 e. The Bertz CT molecular complexity index is 120. The first-order chi connectivity index (χ1) is 4.19. The average Bonchev–Trinajstić information content (AvgIpc) is 1.62. The highest BCUT2D eigenvalue weighted by Gasteiger charge is 2.50. The third kappa shape index (κ3) is 3.83. The normalized spacial score (nSPS) is 13.1. The van der Waals surface area contributed by atoms with E-state index < -0.39 is 16.2 Å². The Morgan fingerprint density at radius 3 is 1.36 bits per heavy atom. The number of rotatable bonds is 2. The molecule has 0 fully saturated rings. The summed E-state index contributed by atoms with van der Waals surface area (Å²) in [6.07, 6.45) is 0. The van der Waals surface area contributed by atoms with E-state index in [4.69, 9.17) is 46.4 Å². The summed E-state index contributed by atoms with van der Waals surface area (Å²) in [5, 5.41) is 0. The number of hydrogen-bond acceptors (Lipinski definition) is 0. The lowest BCUT2D eigenvalue weighted by molar-refractivity contribution is -0.00000204. The molecular formula is C5H10Cl4FP. The second kappa shape index (κ2) is 4.67.